The summed E-state index contributed by atoms with van der Waals surface area (Å²) in [4.78, 5) is 0. The van der Waals surface area contributed by atoms with Crippen molar-refractivity contribution in [3.63, 3.8) is 0 Å². The first-order valence-corrected chi connectivity index (χ1v) is 18.6. The fourth-order valence-electron chi connectivity index (χ4n) is 8.57. The molecular weight excluding hydrogens is 649 g/mol. The Balaban J connectivity index is 1.13. The minimum atomic E-state index is 0.893. The molecule has 0 bridgehead atoms. The van der Waals surface area contributed by atoms with Crippen molar-refractivity contribution in [2.45, 2.75) is 0 Å². The molecule has 0 fully saturated rings. The molecule has 0 atom stereocenters. The third kappa shape index (κ3) is 4.35. The zero-order valence-electron chi connectivity index (χ0n) is 28.1. The minimum Gasteiger partial charge on any atom is -0.464 e. The number of hydrogen-bond donors (Lipinski definition) is 0. The molecule has 0 radical (unpaired) electrons. The van der Waals surface area contributed by atoms with Gasteiger partial charge in [-0.15, -0.1) is 11.3 Å². The number of furan rings is 1. The van der Waals surface area contributed by atoms with Gasteiger partial charge in [0.2, 0.25) is 0 Å². The Morgan fingerprint density at radius 2 is 0.750 bits per heavy atom. The van der Waals surface area contributed by atoms with Gasteiger partial charge in [0, 0.05) is 25.7 Å². The van der Waals surface area contributed by atoms with E-state index in [0.29, 0.717) is 0 Å². The van der Waals surface area contributed by atoms with Crippen molar-refractivity contribution in [3.05, 3.63) is 182 Å². The first-order chi connectivity index (χ1) is 25.8. The molecule has 52 heavy (non-hydrogen) atoms. The number of benzene rings is 9. The van der Waals surface area contributed by atoms with Crippen LogP contribution in [0.3, 0.4) is 0 Å². The fourth-order valence-corrected chi connectivity index (χ4v) is 9.69. The lowest BCUT2D eigenvalue weighted by Gasteiger charge is -2.17. The zero-order valence-corrected chi connectivity index (χ0v) is 29.0. The molecule has 0 saturated heterocycles. The Labute approximate surface area is 304 Å². The SMILES string of the molecule is c1ccc(-c2c3ccccc3c(-c3ccc4c(c3)sc3ccc(-c5c6ccccc6c(-c6ccco6)c6ccccc56)cc34)c3ccccc23)cc1. The molecule has 2 aromatic heterocycles. The lowest BCUT2D eigenvalue weighted by atomic mass is 9.86. The lowest BCUT2D eigenvalue weighted by Crippen LogP contribution is -1.90. The van der Waals surface area contributed by atoms with Crippen molar-refractivity contribution in [2.24, 2.45) is 0 Å². The van der Waals surface area contributed by atoms with Crippen LogP contribution in [0.4, 0.5) is 0 Å². The molecule has 0 aliphatic heterocycles. The van der Waals surface area contributed by atoms with E-state index >= 15 is 0 Å². The number of rotatable bonds is 4. The van der Waals surface area contributed by atoms with Crippen LogP contribution in [-0.4, -0.2) is 0 Å². The van der Waals surface area contributed by atoms with Crippen molar-refractivity contribution in [3.8, 4) is 44.7 Å². The van der Waals surface area contributed by atoms with Crippen LogP contribution in [0.5, 0.6) is 0 Å². The van der Waals surface area contributed by atoms with Crippen LogP contribution in [0.15, 0.2) is 187 Å². The van der Waals surface area contributed by atoms with Crippen LogP contribution in [-0.2, 0) is 0 Å². The molecule has 0 unspecified atom stereocenters. The first-order valence-electron chi connectivity index (χ1n) is 17.7. The Morgan fingerprint density at radius 3 is 1.27 bits per heavy atom. The van der Waals surface area contributed by atoms with E-state index in [2.05, 4.69) is 170 Å². The van der Waals surface area contributed by atoms with Crippen LogP contribution in [0.2, 0.25) is 0 Å². The summed E-state index contributed by atoms with van der Waals surface area (Å²) < 4.78 is 8.59. The van der Waals surface area contributed by atoms with E-state index < -0.39 is 0 Å². The highest BCUT2D eigenvalue weighted by Gasteiger charge is 2.20. The smallest absolute Gasteiger partial charge is 0.135 e. The van der Waals surface area contributed by atoms with Gasteiger partial charge in [0.15, 0.2) is 0 Å². The zero-order chi connectivity index (χ0) is 34.2. The van der Waals surface area contributed by atoms with Gasteiger partial charge in [-0.2, -0.15) is 0 Å². The summed E-state index contributed by atoms with van der Waals surface area (Å²) in [6, 6.07) is 64.3. The van der Waals surface area contributed by atoms with Crippen molar-refractivity contribution in [1.82, 2.24) is 0 Å². The summed E-state index contributed by atoms with van der Waals surface area (Å²) in [6.45, 7) is 0. The van der Waals surface area contributed by atoms with Gasteiger partial charge >= 0.3 is 0 Å². The quantitative estimate of drug-likeness (QED) is 0.169. The van der Waals surface area contributed by atoms with E-state index in [4.69, 9.17) is 4.42 Å². The van der Waals surface area contributed by atoms with E-state index in [-0.39, 0.29) is 0 Å². The number of fused-ring (bicyclic) bond motifs is 7. The van der Waals surface area contributed by atoms with Gasteiger partial charge in [-0.05, 0) is 107 Å². The van der Waals surface area contributed by atoms with Crippen LogP contribution in [0.25, 0.3) is 108 Å². The molecule has 0 N–H and O–H groups in total. The molecule has 242 valence electrons. The largest absolute Gasteiger partial charge is 0.464 e. The molecule has 11 aromatic rings. The third-order valence-corrected chi connectivity index (χ3v) is 11.9. The molecule has 9 aromatic carbocycles. The van der Waals surface area contributed by atoms with E-state index in [9.17, 15) is 0 Å². The molecule has 0 saturated carbocycles. The highest BCUT2D eigenvalue weighted by molar-refractivity contribution is 7.25. The highest BCUT2D eigenvalue weighted by atomic mass is 32.1. The Hall–Kier alpha value is -6.48. The van der Waals surface area contributed by atoms with Crippen LogP contribution in [0, 0.1) is 0 Å². The van der Waals surface area contributed by atoms with Gasteiger partial charge in [0.05, 0.1) is 6.26 Å². The summed E-state index contributed by atoms with van der Waals surface area (Å²) >= 11 is 1.88. The average molecular weight is 679 g/mol. The van der Waals surface area contributed by atoms with Gasteiger partial charge in [0.1, 0.15) is 5.76 Å². The second-order valence-corrected chi connectivity index (χ2v) is 14.6. The standard InChI is InChI=1S/C50H30OS/c1-2-13-31(14-3-1)47-35-15-4-6-17-37(35)49(38-18-7-5-16-36(38)47)33-24-26-34-43-29-32(25-27-45(43)52-46(34)30-33)48-39-19-8-10-21-41(39)50(44-23-12-28-51-44)42-22-11-9-20-40(42)48/h1-30H. The van der Waals surface area contributed by atoms with Crippen molar-refractivity contribution in [1.29, 1.82) is 0 Å². The normalized spacial score (nSPS) is 11.8. The van der Waals surface area contributed by atoms with Crippen molar-refractivity contribution >= 4 is 74.6 Å². The summed E-state index contributed by atoms with van der Waals surface area (Å²) in [5.41, 5.74) is 8.71. The average Bonchev–Trinajstić information content (AvgIpc) is 3.87. The Morgan fingerprint density at radius 1 is 0.288 bits per heavy atom. The fraction of sp³-hybridized carbons (Fsp3) is 0. The molecule has 0 aliphatic carbocycles. The molecule has 0 amide bonds. The predicted octanol–water partition coefficient (Wildman–Crippen LogP) is 14.9. The second-order valence-electron chi connectivity index (χ2n) is 13.5. The summed E-state index contributed by atoms with van der Waals surface area (Å²) in [5.74, 6) is 0.893. The van der Waals surface area contributed by atoms with Gasteiger partial charge in [-0.25, -0.2) is 0 Å². The summed E-state index contributed by atoms with van der Waals surface area (Å²) in [5, 5.41) is 12.6. The van der Waals surface area contributed by atoms with Crippen LogP contribution < -0.4 is 0 Å². The van der Waals surface area contributed by atoms with Crippen LogP contribution in [0.1, 0.15) is 0 Å². The predicted molar refractivity (Wildman–Crippen MR) is 223 cm³/mol. The molecule has 11 rings (SSSR count). The maximum absolute atomic E-state index is 5.99. The maximum atomic E-state index is 5.99. The first kappa shape index (κ1) is 29.3. The van der Waals surface area contributed by atoms with E-state index in [1.807, 2.05) is 17.4 Å². The lowest BCUT2D eigenvalue weighted by molar-refractivity contribution is 0.583. The summed E-state index contributed by atoms with van der Waals surface area (Å²) in [6.07, 6.45) is 1.76. The van der Waals surface area contributed by atoms with Crippen molar-refractivity contribution in [2.75, 3.05) is 0 Å². The van der Waals surface area contributed by atoms with Crippen molar-refractivity contribution < 1.29 is 4.42 Å². The number of thiophene rings is 1. The van der Waals surface area contributed by atoms with Gasteiger partial charge < -0.3 is 4.42 Å². The van der Waals surface area contributed by atoms with Crippen LogP contribution >= 0.6 is 11.3 Å². The molecule has 0 aliphatic rings. The molecule has 2 heteroatoms. The Bertz CT molecular complexity index is 3050. The Kier molecular flexibility index (Phi) is 6.49. The molecular formula is C50H30OS. The third-order valence-electron chi connectivity index (χ3n) is 10.7. The minimum absolute atomic E-state index is 0.893. The molecule has 0 spiro atoms. The number of hydrogen-bond acceptors (Lipinski definition) is 2. The topological polar surface area (TPSA) is 13.1 Å². The highest BCUT2D eigenvalue weighted by Crippen LogP contribution is 2.47. The van der Waals surface area contributed by atoms with E-state index in [1.165, 1.54) is 96.6 Å². The summed E-state index contributed by atoms with van der Waals surface area (Å²) in [7, 11) is 0. The van der Waals surface area contributed by atoms with Gasteiger partial charge in [-0.1, -0.05) is 146 Å². The second kappa shape index (κ2) is 11.5. The molecule has 2 heterocycles. The maximum Gasteiger partial charge on any atom is 0.135 e. The van der Waals surface area contributed by atoms with Gasteiger partial charge in [-0.3, -0.25) is 0 Å². The monoisotopic (exact) mass is 678 g/mol. The molecule has 1 nitrogen and oxygen atoms in total. The van der Waals surface area contributed by atoms with E-state index in [1.54, 1.807) is 6.26 Å². The van der Waals surface area contributed by atoms with E-state index in [0.717, 1.165) is 11.3 Å². The van der Waals surface area contributed by atoms with Gasteiger partial charge in [0.25, 0.3) is 0 Å².